The van der Waals surface area contributed by atoms with Crippen molar-refractivity contribution in [1.82, 2.24) is 33.6 Å². The largest absolute Gasteiger partial charge is 0.472 e. The lowest BCUT2D eigenvalue weighted by Gasteiger charge is -2.47. The van der Waals surface area contributed by atoms with E-state index in [4.69, 9.17) is 41.8 Å². The molecule has 0 aliphatic carbocycles. The molecule has 3 saturated heterocycles. The number of rotatable bonds is 10. The molecule has 4 N–H and O–H groups in total. The molecule has 0 radical (unpaired) electrons. The zero-order chi connectivity index (χ0) is 45.4. The minimum Gasteiger partial charge on any atom is -0.414 e. The number of nitrogens with two attached hydrogens (primary N) is 1. The summed E-state index contributed by atoms with van der Waals surface area (Å²) in [5, 5.41) is -0.415. The van der Waals surface area contributed by atoms with Crippen molar-refractivity contribution >= 4 is 72.0 Å². The van der Waals surface area contributed by atoms with Crippen molar-refractivity contribution in [3.05, 3.63) is 41.3 Å². The van der Waals surface area contributed by atoms with E-state index >= 15 is 8.78 Å². The van der Waals surface area contributed by atoms with Crippen LogP contribution in [0, 0.1) is 5.82 Å². The van der Waals surface area contributed by atoms with Gasteiger partial charge in [0, 0.05) is 13.2 Å². The first-order valence-electron chi connectivity index (χ1n) is 19.9. The van der Waals surface area contributed by atoms with Crippen molar-refractivity contribution in [2.75, 3.05) is 18.9 Å². The molecule has 3 aliphatic heterocycles. The number of alkyl halides is 1. The standard InChI is InChI=1S/C34H52F2N8O13P2SSi2/c1-16(2)61(49,17(3)4)57-62(18(5)6,19(7)8)56-27-22-12-51-59(48,60)55-26-21(52-33(24(26)36)44-15-40-25-29(37)38-13-39-31(25)44)11-50-58(46,47)54-28(27)34(53-22)43-10-20(35)23-30(43)41-14-42(9)32(23)45/h10,13-19,21-22,24,26-28,33-34,49H,11-12H2,1-9H3,(H,46,47)(H,48,60)(H2,37,38,39)/t21-,22-,24-,26-,27-,28-,33-,34-,59?/m1/s1. The maximum atomic E-state index is 16.5. The average Bonchev–Trinajstić information content (AvgIpc) is 3.93. The molecule has 4 aromatic heterocycles. The Morgan fingerprint density at radius 1 is 0.887 bits per heavy atom. The normalized spacial score (nSPS) is 31.6. The number of nitrogen functional groups attached to an aromatic ring is 1. The van der Waals surface area contributed by atoms with E-state index in [2.05, 4.69) is 32.2 Å². The third kappa shape index (κ3) is 8.54. The van der Waals surface area contributed by atoms with Gasteiger partial charge in [0.15, 0.2) is 41.6 Å². The summed E-state index contributed by atoms with van der Waals surface area (Å²) in [5.41, 5.74) is 3.80. The number of aromatic nitrogens is 7. The van der Waals surface area contributed by atoms with Crippen molar-refractivity contribution in [3.8, 4) is 0 Å². The molecular formula is C34H52F2N8O13P2SSi2. The summed E-state index contributed by atoms with van der Waals surface area (Å²) in [6.07, 6.45) is -8.88. The molecule has 4 aromatic rings. The molecule has 0 aromatic carbocycles. The highest BCUT2D eigenvalue weighted by atomic mass is 32.7. The van der Waals surface area contributed by atoms with E-state index in [1.54, 1.807) is 0 Å². The second-order valence-electron chi connectivity index (χ2n) is 16.8. The fraction of sp³-hybridized carbons (Fsp3) is 0.676. The van der Waals surface area contributed by atoms with E-state index in [-0.39, 0.29) is 33.7 Å². The number of phosphoric ester groups is 1. The van der Waals surface area contributed by atoms with E-state index in [0.29, 0.717) is 0 Å². The van der Waals surface area contributed by atoms with Crippen LogP contribution in [0.5, 0.6) is 0 Å². The first-order chi connectivity index (χ1) is 28.9. The molecule has 2 bridgehead atoms. The number of hydrogen-bond acceptors (Lipinski definition) is 17. The fourth-order valence-corrected chi connectivity index (χ4v) is 20.5. The predicted octanol–water partition coefficient (Wildman–Crippen LogP) is 5.30. The highest BCUT2D eigenvalue weighted by Gasteiger charge is 2.61. The molecule has 10 atom stereocenters. The lowest BCUT2D eigenvalue weighted by Crippen LogP contribution is -2.62. The minimum atomic E-state index is -5.34. The van der Waals surface area contributed by atoms with Crippen LogP contribution >= 0.6 is 26.9 Å². The monoisotopic (exact) mass is 968 g/mol. The second-order valence-corrected chi connectivity index (χ2v) is 29.7. The summed E-state index contributed by atoms with van der Waals surface area (Å²) >= 11 is 4.20. The lowest BCUT2D eigenvalue weighted by atomic mass is 10.1. The molecule has 344 valence electrons. The van der Waals surface area contributed by atoms with Gasteiger partial charge in [0.25, 0.3) is 5.56 Å². The molecule has 2 unspecified atom stereocenters. The van der Waals surface area contributed by atoms with Gasteiger partial charge >= 0.3 is 31.7 Å². The van der Waals surface area contributed by atoms with Gasteiger partial charge in [-0.3, -0.25) is 27.5 Å². The summed E-state index contributed by atoms with van der Waals surface area (Å²) < 4.78 is 114. The third-order valence-corrected chi connectivity index (χ3v) is 23.9. The van der Waals surface area contributed by atoms with Gasteiger partial charge in [-0.1, -0.05) is 67.6 Å². The maximum Gasteiger partial charge on any atom is 0.472 e. The molecule has 28 heteroatoms. The zero-order valence-corrected chi connectivity index (χ0v) is 40.0. The highest BCUT2D eigenvalue weighted by molar-refractivity contribution is 8.44. The fourth-order valence-electron chi connectivity index (χ4n) is 8.20. The third-order valence-electron chi connectivity index (χ3n) is 11.6. The van der Waals surface area contributed by atoms with Crippen LogP contribution in [0.1, 0.15) is 67.8 Å². The summed E-state index contributed by atoms with van der Waals surface area (Å²) in [6, 6.07) is 0. The van der Waals surface area contributed by atoms with Crippen LogP contribution in [0.15, 0.2) is 30.0 Å². The number of hydrogen-bond donors (Lipinski definition) is 4. The molecule has 3 fully saturated rings. The van der Waals surface area contributed by atoms with Gasteiger partial charge in [0.05, 0.1) is 25.9 Å². The van der Waals surface area contributed by atoms with Gasteiger partial charge in [0.2, 0.25) is 0 Å². The van der Waals surface area contributed by atoms with Gasteiger partial charge < -0.3 is 42.6 Å². The molecule has 7 rings (SSSR count). The topological polar surface area (TPSA) is 258 Å². The molecular weight excluding hydrogens is 917 g/mol. The van der Waals surface area contributed by atoms with Crippen LogP contribution in [0.3, 0.4) is 0 Å². The number of anilines is 1. The Labute approximate surface area is 362 Å². The number of fused-ring (bicyclic) bond motifs is 5. The van der Waals surface area contributed by atoms with Gasteiger partial charge in [-0.25, -0.2) is 37.8 Å². The van der Waals surface area contributed by atoms with Gasteiger partial charge in [-0.2, -0.15) is 0 Å². The molecule has 62 heavy (non-hydrogen) atoms. The Kier molecular flexibility index (Phi) is 13.3. The van der Waals surface area contributed by atoms with Crippen LogP contribution in [0.4, 0.5) is 14.6 Å². The van der Waals surface area contributed by atoms with Crippen LogP contribution in [0.2, 0.25) is 22.2 Å². The van der Waals surface area contributed by atoms with Gasteiger partial charge in [-0.15, -0.1) is 0 Å². The predicted molar refractivity (Wildman–Crippen MR) is 226 cm³/mol. The molecule has 0 saturated carbocycles. The van der Waals surface area contributed by atoms with Crippen LogP contribution in [0.25, 0.3) is 22.2 Å². The number of nitrogens with zero attached hydrogens (tertiary/aromatic N) is 7. The van der Waals surface area contributed by atoms with Crippen molar-refractivity contribution < 1.29 is 63.7 Å². The van der Waals surface area contributed by atoms with E-state index in [9.17, 15) is 23.6 Å². The molecule has 3 aliphatic rings. The van der Waals surface area contributed by atoms with Gasteiger partial charge in [-0.05, 0) is 22.2 Å². The first-order valence-corrected chi connectivity index (χ1v) is 28.1. The maximum absolute atomic E-state index is 16.5. The van der Waals surface area contributed by atoms with Crippen LogP contribution in [-0.4, -0.2) is 110 Å². The Morgan fingerprint density at radius 3 is 2.18 bits per heavy atom. The van der Waals surface area contributed by atoms with Crippen LogP contribution < -0.4 is 11.3 Å². The summed E-state index contributed by atoms with van der Waals surface area (Å²) in [5.74, 6) is -0.978. The Morgan fingerprint density at radius 2 is 1.53 bits per heavy atom. The number of imidazole rings is 1. The summed E-state index contributed by atoms with van der Waals surface area (Å²) in [7, 11) is -11.4. The highest BCUT2D eigenvalue weighted by Crippen LogP contribution is 2.59. The number of halogens is 2. The zero-order valence-electron chi connectivity index (χ0n) is 35.3. The van der Waals surface area contributed by atoms with Gasteiger partial charge in [0.1, 0.15) is 47.8 Å². The quantitative estimate of drug-likeness (QED) is 0.0893. The Hall–Kier alpha value is -2.53. The van der Waals surface area contributed by atoms with E-state index < -0.39 is 122 Å². The van der Waals surface area contributed by atoms with E-state index in [1.807, 2.05) is 55.4 Å². The minimum absolute atomic E-state index is 0.00752. The van der Waals surface area contributed by atoms with E-state index in [0.717, 1.165) is 28.0 Å². The molecule has 0 spiro atoms. The Bertz CT molecular complexity index is 2450. The summed E-state index contributed by atoms with van der Waals surface area (Å²) in [4.78, 5) is 53.3. The molecule has 21 nitrogen and oxygen atoms in total. The van der Waals surface area contributed by atoms with Crippen molar-refractivity contribution in [3.63, 3.8) is 0 Å². The molecule has 0 amide bonds. The first kappa shape index (κ1) is 47.4. The lowest BCUT2D eigenvalue weighted by molar-refractivity contribution is -0.0628. The smallest absolute Gasteiger partial charge is 0.414 e. The van der Waals surface area contributed by atoms with Crippen molar-refractivity contribution in [1.29, 1.82) is 0 Å². The molecule has 7 heterocycles. The Balaban J connectivity index is 1.33. The number of ether oxygens (including phenoxy) is 2. The van der Waals surface area contributed by atoms with Crippen molar-refractivity contribution in [2.45, 2.75) is 127 Å². The van der Waals surface area contributed by atoms with E-state index in [1.165, 1.54) is 17.9 Å². The SMILES string of the molecule is CC(C)[Si](O)(O[Si](O[C@H]1[C@H]2OP(=O)(O)OC[C@H]3O[C@@H](n4cnc5c(N)ncnc54)[C@H](F)[C@@H]3OP(=O)(S)OC[C@H]1O[C@H]2n1cc(F)c2c(=O)n(C)cnc21)(C(C)C)C(C)C)C(C)C. The number of thiol groups is 1. The average molecular weight is 969 g/mol. The number of aryl methyl sites for hydroxylation is 1. The van der Waals surface area contributed by atoms with Crippen molar-refractivity contribution in [2.24, 2.45) is 7.05 Å². The number of phosphoric acid groups is 1. The van der Waals surface area contributed by atoms with Crippen LogP contribution in [-0.2, 0) is 52.3 Å². The second kappa shape index (κ2) is 17.4. The summed E-state index contributed by atoms with van der Waals surface area (Å²) in [6.45, 7) is 8.61.